The lowest BCUT2D eigenvalue weighted by Crippen LogP contribution is -2.11. The number of nitrogens with one attached hydrogen (secondary N) is 1. The number of rotatable bonds is 4. The summed E-state index contributed by atoms with van der Waals surface area (Å²) >= 11 is 7.56. The molecular formula is C18H16ClNO4S. The van der Waals surface area contributed by atoms with Gasteiger partial charge in [-0.05, 0) is 36.4 Å². The molecule has 0 saturated carbocycles. The number of halogens is 1. The molecule has 25 heavy (non-hydrogen) atoms. The van der Waals surface area contributed by atoms with Gasteiger partial charge in [0.25, 0.3) is 0 Å². The van der Waals surface area contributed by atoms with E-state index >= 15 is 0 Å². The lowest BCUT2D eigenvalue weighted by molar-refractivity contribution is -0.115. The number of anilines is 1. The minimum Gasteiger partial charge on any atom is -0.496 e. The molecule has 0 bridgehead atoms. The molecule has 0 fully saturated rings. The van der Waals surface area contributed by atoms with Crippen molar-refractivity contribution in [3.63, 3.8) is 0 Å². The first kappa shape index (κ1) is 17.6. The number of fused-ring (bicyclic) bond motifs is 1. The second-order valence-electron chi connectivity index (χ2n) is 5.39. The van der Waals surface area contributed by atoms with Gasteiger partial charge in [-0.2, -0.15) is 0 Å². The van der Waals surface area contributed by atoms with Crippen LogP contribution in [-0.2, 0) is 16.1 Å². The summed E-state index contributed by atoms with van der Waals surface area (Å²) in [5, 5.41) is 3.35. The summed E-state index contributed by atoms with van der Waals surface area (Å²) in [5.74, 6) is 0.786. The van der Waals surface area contributed by atoms with Crippen LogP contribution < -0.4 is 10.1 Å². The third kappa shape index (κ3) is 4.27. The highest BCUT2D eigenvalue weighted by Crippen LogP contribution is 2.32. The second-order valence-corrected chi connectivity index (χ2v) is 6.96. The zero-order valence-corrected chi connectivity index (χ0v) is 15.1. The fourth-order valence-corrected chi connectivity index (χ4v) is 3.57. The first-order chi connectivity index (χ1) is 12.1. The average Bonchev–Trinajstić information content (AvgIpc) is 2.79. The number of thioether (sulfide) groups is 1. The number of esters is 1. The molecule has 0 saturated heterocycles. The highest BCUT2D eigenvalue weighted by molar-refractivity contribution is 7.99. The van der Waals surface area contributed by atoms with Crippen LogP contribution in [0.25, 0.3) is 0 Å². The van der Waals surface area contributed by atoms with Gasteiger partial charge in [-0.25, -0.2) is 4.79 Å². The third-order valence-corrected chi connectivity index (χ3v) is 4.99. The number of carbonyl (C=O) groups is 2. The monoisotopic (exact) mass is 377 g/mol. The van der Waals surface area contributed by atoms with Crippen LogP contribution in [0.5, 0.6) is 5.75 Å². The molecule has 1 amide bonds. The molecule has 5 nitrogen and oxygen atoms in total. The summed E-state index contributed by atoms with van der Waals surface area (Å²) in [5.41, 5.74) is 1.70. The van der Waals surface area contributed by atoms with E-state index in [4.69, 9.17) is 21.1 Å². The van der Waals surface area contributed by atoms with E-state index in [0.29, 0.717) is 34.0 Å². The van der Waals surface area contributed by atoms with Crippen LogP contribution >= 0.6 is 23.4 Å². The van der Waals surface area contributed by atoms with E-state index in [-0.39, 0.29) is 12.5 Å². The Kier molecular flexibility index (Phi) is 5.50. The molecule has 0 unspecified atom stereocenters. The van der Waals surface area contributed by atoms with E-state index in [1.807, 2.05) is 6.07 Å². The number of methoxy groups -OCH3 is 1. The number of carbonyl (C=O) groups excluding carboxylic acids is 2. The van der Waals surface area contributed by atoms with Gasteiger partial charge in [0.2, 0.25) is 5.91 Å². The first-order valence-electron chi connectivity index (χ1n) is 7.63. The molecule has 3 rings (SSSR count). The molecule has 1 N–H and O–H groups in total. The minimum atomic E-state index is -0.478. The maximum absolute atomic E-state index is 12.3. The Bertz CT molecular complexity index is 825. The third-order valence-electron chi connectivity index (χ3n) is 3.68. The molecule has 7 heteroatoms. The van der Waals surface area contributed by atoms with Crippen LogP contribution in [0.2, 0.25) is 5.02 Å². The maximum Gasteiger partial charge on any atom is 0.338 e. The van der Waals surface area contributed by atoms with Gasteiger partial charge >= 0.3 is 5.97 Å². The number of hydrogen-bond donors (Lipinski definition) is 1. The number of ether oxygens (including phenoxy) is 2. The summed E-state index contributed by atoms with van der Waals surface area (Å²) in [4.78, 5) is 25.0. The smallest absolute Gasteiger partial charge is 0.338 e. The Balaban J connectivity index is 1.74. The molecule has 2 aromatic carbocycles. The van der Waals surface area contributed by atoms with Crippen molar-refractivity contribution in [3.8, 4) is 5.75 Å². The van der Waals surface area contributed by atoms with Crippen LogP contribution in [0.1, 0.15) is 22.3 Å². The highest BCUT2D eigenvalue weighted by Gasteiger charge is 2.17. The number of hydrogen-bond acceptors (Lipinski definition) is 5. The standard InChI is InChI=1S/C18H16ClNO4S/c1-23-15-4-3-13(19)8-12(15)10-24-18(22)11-2-5-16-14(9-11)20-17(21)6-7-25-16/h2-5,8-9H,6-7,10H2,1H3,(H,20,21). The van der Waals surface area contributed by atoms with Gasteiger partial charge in [0.05, 0.1) is 18.4 Å². The van der Waals surface area contributed by atoms with Crippen molar-refractivity contribution >= 4 is 40.9 Å². The van der Waals surface area contributed by atoms with Crippen LogP contribution in [0.4, 0.5) is 5.69 Å². The van der Waals surface area contributed by atoms with Gasteiger partial charge < -0.3 is 14.8 Å². The van der Waals surface area contributed by atoms with Crippen LogP contribution in [0.3, 0.4) is 0 Å². The quantitative estimate of drug-likeness (QED) is 0.811. The van der Waals surface area contributed by atoms with Crippen molar-refractivity contribution in [1.29, 1.82) is 0 Å². The topological polar surface area (TPSA) is 64.6 Å². The van der Waals surface area contributed by atoms with Crippen molar-refractivity contribution in [2.45, 2.75) is 17.9 Å². The Morgan fingerprint density at radius 2 is 2.12 bits per heavy atom. The summed E-state index contributed by atoms with van der Waals surface area (Å²) in [6, 6.07) is 10.3. The van der Waals surface area contributed by atoms with E-state index in [0.717, 1.165) is 10.6 Å². The van der Waals surface area contributed by atoms with E-state index in [2.05, 4.69) is 5.32 Å². The van der Waals surface area contributed by atoms with Gasteiger partial charge in [0.15, 0.2) is 0 Å². The van der Waals surface area contributed by atoms with Crippen molar-refractivity contribution < 1.29 is 19.1 Å². The predicted molar refractivity (Wildman–Crippen MR) is 97.5 cm³/mol. The zero-order chi connectivity index (χ0) is 17.8. The maximum atomic E-state index is 12.3. The van der Waals surface area contributed by atoms with Crippen LogP contribution in [0, 0.1) is 0 Å². The number of benzene rings is 2. The van der Waals surface area contributed by atoms with Crippen LogP contribution in [0.15, 0.2) is 41.3 Å². The van der Waals surface area contributed by atoms with Crippen molar-refractivity contribution in [2.75, 3.05) is 18.2 Å². The van der Waals surface area contributed by atoms with Gasteiger partial charge in [-0.15, -0.1) is 11.8 Å². The SMILES string of the molecule is COc1ccc(Cl)cc1COC(=O)c1ccc2c(c1)NC(=O)CCS2. The van der Waals surface area contributed by atoms with E-state index in [1.54, 1.807) is 49.2 Å². The predicted octanol–water partition coefficient (Wildman–Crippen LogP) is 4.14. The van der Waals surface area contributed by atoms with Crippen LogP contribution in [-0.4, -0.2) is 24.7 Å². The average molecular weight is 378 g/mol. The molecule has 1 heterocycles. The molecule has 0 radical (unpaired) electrons. The lowest BCUT2D eigenvalue weighted by atomic mass is 10.2. The van der Waals surface area contributed by atoms with Crippen molar-refractivity contribution in [3.05, 3.63) is 52.5 Å². The molecule has 1 aliphatic heterocycles. The Morgan fingerprint density at radius 1 is 1.28 bits per heavy atom. The lowest BCUT2D eigenvalue weighted by Gasteiger charge is -2.11. The molecule has 0 atom stereocenters. The highest BCUT2D eigenvalue weighted by atomic mass is 35.5. The van der Waals surface area contributed by atoms with E-state index < -0.39 is 5.97 Å². The molecule has 0 aromatic heterocycles. The fraction of sp³-hybridized carbons (Fsp3) is 0.222. The Hall–Kier alpha value is -2.18. The minimum absolute atomic E-state index is 0.0424. The van der Waals surface area contributed by atoms with Gasteiger partial charge in [-0.3, -0.25) is 4.79 Å². The summed E-state index contributed by atoms with van der Waals surface area (Å²) in [6.07, 6.45) is 0.452. The van der Waals surface area contributed by atoms with E-state index in [9.17, 15) is 9.59 Å². The Morgan fingerprint density at radius 3 is 2.92 bits per heavy atom. The van der Waals surface area contributed by atoms with Gasteiger partial charge in [0.1, 0.15) is 12.4 Å². The van der Waals surface area contributed by atoms with Gasteiger partial charge in [-0.1, -0.05) is 11.6 Å². The summed E-state index contributed by atoms with van der Waals surface area (Å²) < 4.78 is 10.6. The van der Waals surface area contributed by atoms with Crippen molar-refractivity contribution in [1.82, 2.24) is 0 Å². The molecule has 2 aromatic rings. The number of amides is 1. The summed E-state index contributed by atoms with van der Waals surface area (Å²) in [6.45, 7) is 0.0424. The Labute approximate surface area is 154 Å². The largest absolute Gasteiger partial charge is 0.496 e. The summed E-state index contributed by atoms with van der Waals surface area (Å²) in [7, 11) is 1.54. The van der Waals surface area contributed by atoms with E-state index in [1.165, 1.54) is 0 Å². The molecule has 0 aliphatic carbocycles. The molecule has 1 aliphatic rings. The molecule has 130 valence electrons. The normalized spacial score (nSPS) is 13.4. The van der Waals surface area contributed by atoms with Gasteiger partial charge in [0, 0.05) is 27.7 Å². The fourth-order valence-electron chi connectivity index (χ4n) is 2.43. The molecular weight excluding hydrogens is 362 g/mol. The molecule has 0 spiro atoms. The second kappa shape index (κ2) is 7.80. The van der Waals surface area contributed by atoms with Crippen molar-refractivity contribution in [2.24, 2.45) is 0 Å². The first-order valence-corrected chi connectivity index (χ1v) is 8.99. The zero-order valence-electron chi connectivity index (χ0n) is 13.5.